The number of rotatable bonds is 5. The van der Waals surface area contributed by atoms with Crippen molar-refractivity contribution in [2.24, 2.45) is 5.92 Å². The molecule has 10 nitrogen and oxygen atoms in total. The Bertz CT molecular complexity index is 952. The van der Waals surface area contributed by atoms with Crippen LogP contribution >= 0.6 is 0 Å². The number of urea groups is 1. The smallest absolute Gasteiger partial charge is 0.317 e. The molecule has 2 saturated heterocycles. The number of nitrogens with one attached hydrogen (secondary N) is 1. The highest BCUT2D eigenvalue weighted by Gasteiger charge is 2.35. The summed E-state index contributed by atoms with van der Waals surface area (Å²) >= 11 is 0. The molecular weight excluding hydrogens is 458 g/mol. The maximum atomic E-state index is 13.0. The first-order valence-corrected chi connectivity index (χ1v) is 14.0. The molecule has 0 radical (unpaired) electrons. The highest BCUT2D eigenvalue weighted by atomic mass is 32.2. The van der Waals surface area contributed by atoms with Crippen molar-refractivity contribution >= 4 is 22.0 Å². The van der Waals surface area contributed by atoms with E-state index in [0.717, 1.165) is 12.8 Å². The predicted octanol–water partition coefficient (Wildman–Crippen LogP) is 2.27. The van der Waals surface area contributed by atoms with Crippen molar-refractivity contribution in [3.63, 3.8) is 0 Å². The zero-order valence-electron chi connectivity index (χ0n) is 20.3. The molecule has 0 bridgehead atoms. The van der Waals surface area contributed by atoms with E-state index in [1.54, 1.807) is 13.8 Å². The van der Waals surface area contributed by atoms with Gasteiger partial charge in [-0.15, -0.1) is 0 Å². The van der Waals surface area contributed by atoms with Gasteiger partial charge in [-0.05, 0) is 45.4 Å². The lowest BCUT2D eigenvalue weighted by Crippen LogP contribution is -2.55. The lowest BCUT2D eigenvalue weighted by Gasteiger charge is -2.37. The third kappa shape index (κ3) is 5.56. The van der Waals surface area contributed by atoms with E-state index in [-0.39, 0.29) is 28.8 Å². The second-order valence-electron chi connectivity index (χ2n) is 9.86. The summed E-state index contributed by atoms with van der Waals surface area (Å²) in [4.78, 5) is 29.2. The fourth-order valence-corrected chi connectivity index (χ4v) is 7.13. The van der Waals surface area contributed by atoms with Crippen LogP contribution in [0, 0.1) is 19.8 Å². The third-order valence-electron chi connectivity index (χ3n) is 7.45. The Morgan fingerprint density at radius 3 is 2.15 bits per heavy atom. The van der Waals surface area contributed by atoms with Crippen LogP contribution in [0.5, 0.6) is 0 Å². The van der Waals surface area contributed by atoms with Crippen molar-refractivity contribution in [2.75, 3.05) is 39.3 Å². The summed E-state index contributed by atoms with van der Waals surface area (Å²) < 4.78 is 32.5. The van der Waals surface area contributed by atoms with Gasteiger partial charge in [0.15, 0.2) is 5.76 Å². The van der Waals surface area contributed by atoms with Crippen molar-refractivity contribution < 1.29 is 22.5 Å². The molecule has 3 heterocycles. The summed E-state index contributed by atoms with van der Waals surface area (Å²) in [6.45, 7) is 6.23. The maximum Gasteiger partial charge on any atom is 0.317 e. The van der Waals surface area contributed by atoms with Gasteiger partial charge in [0.2, 0.25) is 15.9 Å². The van der Waals surface area contributed by atoms with Gasteiger partial charge in [-0.25, -0.2) is 13.2 Å². The van der Waals surface area contributed by atoms with Crippen LogP contribution in [0.25, 0.3) is 0 Å². The van der Waals surface area contributed by atoms with Gasteiger partial charge in [-0.1, -0.05) is 24.4 Å². The zero-order chi connectivity index (χ0) is 24.3. The molecule has 1 N–H and O–H groups in total. The summed E-state index contributed by atoms with van der Waals surface area (Å²) in [7, 11) is -3.64. The molecule has 190 valence electrons. The van der Waals surface area contributed by atoms with Gasteiger partial charge in [0, 0.05) is 51.7 Å². The Hall–Kier alpha value is -2.14. The average molecular weight is 496 g/mol. The molecule has 0 atom stereocenters. The van der Waals surface area contributed by atoms with Crippen molar-refractivity contribution in [3.05, 3.63) is 11.5 Å². The van der Waals surface area contributed by atoms with Gasteiger partial charge in [-0.3, -0.25) is 4.79 Å². The summed E-state index contributed by atoms with van der Waals surface area (Å²) in [5.41, 5.74) is 0.376. The van der Waals surface area contributed by atoms with Crippen LogP contribution in [0.1, 0.15) is 62.8 Å². The number of carbonyl (C=O) groups is 2. The molecule has 4 rings (SSSR count). The predicted molar refractivity (Wildman–Crippen MR) is 126 cm³/mol. The Balaban J connectivity index is 1.21. The van der Waals surface area contributed by atoms with Crippen LogP contribution in [0.4, 0.5) is 4.79 Å². The Labute approximate surface area is 202 Å². The first kappa shape index (κ1) is 25.0. The van der Waals surface area contributed by atoms with E-state index >= 15 is 0 Å². The number of amides is 3. The quantitative estimate of drug-likeness (QED) is 0.670. The molecule has 3 amide bonds. The molecule has 0 aromatic carbocycles. The molecule has 1 aliphatic carbocycles. The topological polar surface area (TPSA) is 116 Å². The van der Waals surface area contributed by atoms with Crippen LogP contribution in [0.2, 0.25) is 0 Å². The van der Waals surface area contributed by atoms with E-state index < -0.39 is 10.0 Å². The number of piperidine rings is 1. The number of hydrogen-bond donors (Lipinski definition) is 1. The maximum absolute atomic E-state index is 13.0. The number of piperazine rings is 1. The number of aryl methyl sites for hydroxylation is 2. The average Bonchev–Trinajstić information content (AvgIpc) is 3.18. The summed E-state index contributed by atoms with van der Waals surface area (Å²) in [5.74, 6) is 0.567. The molecule has 11 heteroatoms. The summed E-state index contributed by atoms with van der Waals surface area (Å²) in [5, 5.41) is 6.92. The van der Waals surface area contributed by atoms with Crippen LogP contribution < -0.4 is 5.32 Å². The monoisotopic (exact) mass is 495 g/mol. The van der Waals surface area contributed by atoms with Crippen LogP contribution in [-0.4, -0.2) is 84.9 Å². The van der Waals surface area contributed by atoms with E-state index in [0.29, 0.717) is 70.0 Å². The second kappa shape index (κ2) is 10.6. The number of nitrogens with zero attached hydrogens (tertiary/aromatic N) is 4. The number of carbonyl (C=O) groups excluding carboxylic acids is 2. The van der Waals surface area contributed by atoms with Gasteiger partial charge in [0.05, 0.1) is 0 Å². The van der Waals surface area contributed by atoms with Gasteiger partial charge < -0.3 is 19.6 Å². The lowest BCUT2D eigenvalue weighted by atomic mass is 9.94. The largest absolute Gasteiger partial charge is 0.360 e. The highest BCUT2D eigenvalue weighted by molar-refractivity contribution is 7.89. The fourth-order valence-electron chi connectivity index (χ4n) is 5.37. The number of hydrogen-bond acceptors (Lipinski definition) is 6. The SMILES string of the molecule is Cc1noc(C)c1S(=O)(=O)N1CCC(CC(=O)N2CCN(C(=O)NC3CCCCC3)CC2)CC1. The third-order valence-corrected chi connectivity index (χ3v) is 9.60. The minimum absolute atomic E-state index is 0.00845. The minimum atomic E-state index is -3.64. The molecule has 1 aromatic rings. The second-order valence-corrected chi connectivity index (χ2v) is 11.7. The van der Waals surface area contributed by atoms with Crippen molar-refractivity contribution in [3.8, 4) is 0 Å². The van der Waals surface area contributed by atoms with E-state index in [1.807, 2.05) is 9.80 Å². The summed E-state index contributed by atoms with van der Waals surface area (Å²) in [6.07, 6.45) is 7.45. The van der Waals surface area contributed by atoms with Crippen molar-refractivity contribution in [1.29, 1.82) is 0 Å². The molecule has 3 aliphatic rings. The van der Waals surface area contributed by atoms with E-state index in [1.165, 1.54) is 23.6 Å². The molecule has 0 unspecified atom stereocenters. The summed E-state index contributed by atoms with van der Waals surface area (Å²) in [6, 6.07) is 0.277. The molecule has 0 spiro atoms. The van der Waals surface area contributed by atoms with E-state index in [9.17, 15) is 18.0 Å². The first-order chi connectivity index (χ1) is 16.3. The first-order valence-electron chi connectivity index (χ1n) is 12.5. The number of sulfonamides is 1. The van der Waals surface area contributed by atoms with Gasteiger partial charge in [0.1, 0.15) is 10.6 Å². The normalized spacial score (nSPS) is 21.6. The van der Waals surface area contributed by atoms with E-state index in [2.05, 4.69) is 10.5 Å². The zero-order valence-corrected chi connectivity index (χ0v) is 21.1. The van der Waals surface area contributed by atoms with E-state index in [4.69, 9.17) is 4.52 Å². The minimum Gasteiger partial charge on any atom is -0.360 e. The number of aromatic nitrogens is 1. The molecule has 34 heavy (non-hydrogen) atoms. The van der Waals surface area contributed by atoms with Gasteiger partial charge in [0.25, 0.3) is 0 Å². The Morgan fingerprint density at radius 1 is 0.941 bits per heavy atom. The molecule has 2 aliphatic heterocycles. The van der Waals surface area contributed by atoms with Gasteiger partial charge >= 0.3 is 6.03 Å². The lowest BCUT2D eigenvalue weighted by molar-refractivity contribution is -0.133. The van der Waals surface area contributed by atoms with Gasteiger partial charge in [-0.2, -0.15) is 4.31 Å². The fraction of sp³-hybridized carbons (Fsp3) is 0.783. The standard InChI is InChI=1S/C23H37N5O5S/c1-17-22(18(2)33-25-17)34(31,32)28-10-8-19(9-11-28)16-21(29)26-12-14-27(15-13-26)23(30)24-20-6-4-3-5-7-20/h19-20H,3-16H2,1-2H3,(H,24,30). The molecule has 3 fully saturated rings. The van der Waals surface area contributed by atoms with Crippen molar-refractivity contribution in [1.82, 2.24) is 24.6 Å². The van der Waals surface area contributed by atoms with Crippen LogP contribution in [-0.2, 0) is 14.8 Å². The molecule has 1 aromatic heterocycles. The van der Waals surface area contributed by atoms with Crippen LogP contribution in [0.15, 0.2) is 9.42 Å². The van der Waals surface area contributed by atoms with Crippen molar-refractivity contribution in [2.45, 2.75) is 76.2 Å². The molecule has 1 saturated carbocycles. The highest BCUT2D eigenvalue weighted by Crippen LogP contribution is 2.29. The Morgan fingerprint density at radius 2 is 1.56 bits per heavy atom. The van der Waals surface area contributed by atoms with Crippen LogP contribution in [0.3, 0.4) is 0 Å². The molecular formula is C23H37N5O5S. The Kier molecular flexibility index (Phi) is 7.81.